The van der Waals surface area contributed by atoms with Gasteiger partial charge in [-0.15, -0.1) is 0 Å². The van der Waals surface area contributed by atoms with Gasteiger partial charge in [0.15, 0.2) is 5.65 Å². The molecule has 1 aromatic carbocycles. The van der Waals surface area contributed by atoms with Gasteiger partial charge in [-0.25, -0.2) is 14.3 Å². The molecule has 0 unspecified atom stereocenters. The number of hydrogen-bond acceptors (Lipinski definition) is 4. The van der Waals surface area contributed by atoms with Crippen LogP contribution in [0.4, 0.5) is 0 Å². The third-order valence-electron chi connectivity index (χ3n) is 2.81. The van der Waals surface area contributed by atoms with Gasteiger partial charge < -0.3 is 5.11 Å². The SMILES string of the molecule is Cc1cc(Sc2ccc(C(=O)O)cc2)n2ncnc2c1. The van der Waals surface area contributed by atoms with E-state index in [9.17, 15) is 4.79 Å². The van der Waals surface area contributed by atoms with Crippen LogP contribution >= 0.6 is 11.8 Å². The first kappa shape index (κ1) is 12.7. The van der Waals surface area contributed by atoms with E-state index in [-0.39, 0.29) is 5.56 Å². The van der Waals surface area contributed by atoms with Gasteiger partial charge in [0.05, 0.1) is 5.56 Å². The van der Waals surface area contributed by atoms with Crippen LogP contribution in [-0.4, -0.2) is 25.7 Å². The second-order valence-electron chi connectivity index (χ2n) is 4.33. The lowest BCUT2D eigenvalue weighted by Gasteiger charge is -2.06. The fourth-order valence-electron chi connectivity index (χ4n) is 1.88. The molecular weight excluding hydrogens is 274 g/mol. The molecule has 0 amide bonds. The smallest absolute Gasteiger partial charge is 0.335 e. The Bertz CT molecular complexity index is 781. The topological polar surface area (TPSA) is 67.5 Å². The van der Waals surface area contributed by atoms with Crippen molar-refractivity contribution in [2.75, 3.05) is 0 Å². The average molecular weight is 285 g/mol. The van der Waals surface area contributed by atoms with E-state index >= 15 is 0 Å². The van der Waals surface area contributed by atoms with Crippen LogP contribution in [0, 0.1) is 6.92 Å². The predicted molar refractivity (Wildman–Crippen MR) is 75.2 cm³/mol. The first-order chi connectivity index (χ1) is 9.63. The van der Waals surface area contributed by atoms with Gasteiger partial charge in [-0.3, -0.25) is 0 Å². The van der Waals surface area contributed by atoms with Crippen LogP contribution in [0.2, 0.25) is 0 Å². The molecule has 0 radical (unpaired) electrons. The maximum Gasteiger partial charge on any atom is 0.335 e. The van der Waals surface area contributed by atoms with Crippen LogP contribution in [0.5, 0.6) is 0 Å². The number of carbonyl (C=O) groups is 1. The average Bonchev–Trinajstić information content (AvgIpc) is 2.87. The molecule has 0 saturated carbocycles. The zero-order chi connectivity index (χ0) is 14.1. The van der Waals surface area contributed by atoms with Crippen LogP contribution in [0.15, 0.2) is 52.6 Å². The molecule has 100 valence electrons. The predicted octanol–water partition coefficient (Wildman–Crippen LogP) is 2.89. The lowest BCUT2D eigenvalue weighted by Crippen LogP contribution is -1.96. The van der Waals surface area contributed by atoms with E-state index in [2.05, 4.69) is 10.1 Å². The largest absolute Gasteiger partial charge is 0.478 e. The standard InChI is InChI=1S/C14H11N3O2S/c1-9-6-12-15-8-16-17(12)13(7-9)20-11-4-2-10(3-5-11)14(18)19/h2-8H,1H3,(H,18,19). The van der Waals surface area contributed by atoms with Crippen molar-refractivity contribution in [3.05, 3.63) is 53.9 Å². The number of nitrogens with zero attached hydrogens (tertiary/aromatic N) is 3. The summed E-state index contributed by atoms with van der Waals surface area (Å²) in [6.07, 6.45) is 1.52. The molecule has 20 heavy (non-hydrogen) atoms. The molecule has 0 fully saturated rings. The van der Waals surface area contributed by atoms with E-state index in [4.69, 9.17) is 5.11 Å². The monoisotopic (exact) mass is 285 g/mol. The van der Waals surface area contributed by atoms with E-state index in [0.717, 1.165) is 21.1 Å². The van der Waals surface area contributed by atoms with Gasteiger partial charge in [0, 0.05) is 4.90 Å². The first-order valence-electron chi connectivity index (χ1n) is 5.95. The third-order valence-corrected chi connectivity index (χ3v) is 3.82. The van der Waals surface area contributed by atoms with Gasteiger partial charge in [0.1, 0.15) is 11.4 Å². The lowest BCUT2D eigenvalue weighted by molar-refractivity contribution is 0.0697. The molecule has 0 aliphatic heterocycles. The van der Waals surface area contributed by atoms with Crippen molar-refractivity contribution in [1.29, 1.82) is 0 Å². The third kappa shape index (κ3) is 2.37. The molecular formula is C14H11N3O2S. The van der Waals surface area contributed by atoms with Crippen LogP contribution in [0.1, 0.15) is 15.9 Å². The Morgan fingerprint density at radius 3 is 2.70 bits per heavy atom. The van der Waals surface area contributed by atoms with Crippen LogP contribution < -0.4 is 0 Å². The number of aromatic nitrogens is 3. The molecule has 0 atom stereocenters. The summed E-state index contributed by atoms with van der Waals surface area (Å²) < 4.78 is 1.77. The summed E-state index contributed by atoms with van der Waals surface area (Å²) in [6.45, 7) is 2.01. The summed E-state index contributed by atoms with van der Waals surface area (Å²) in [5, 5.41) is 14.0. The van der Waals surface area contributed by atoms with Crippen molar-refractivity contribution in [3.8, 4) is 0 Å². The van der Waals surface area contributed by atoms with E-state index in [1.165, 1.54) is 18.1 Å². The first-order valence-corrected chi connectivity index (χ1v) is 6.77. The Hall–Kier alpha value is -2.34. The summed E-state index contributed by atoms with van der Waals surface area (Å²) >= 11 is 1.52. The number of carboxylic acid groups (broad SMARTS) is 1. The molecule has 5 nitrogen and oxygen atoms in total. The summed E-state index contributed by atoms with van der Waals surface area (Å²) in [6, 6.07) is 10.8. The molecule has 0 aliphatic rings. The van der Waals surface area contributed by atoms with Crippen molar-refractivity contribution in [2.24, 2.45) is 0 Å². The minimum absolute atomic E-state index is 0.282. The van der Waals surface area contributed by atoms with Crippen molar-refractivity contribution < 1.29 is 9.90 Å². The summed E-state index contributed by atoms with van der Waals surface area (Å²) in [7, 11) is 0. The van der Waals surface area contributed by atoms with Gasteiger partial charge >= 0.3 is 5.97 Å². The molecule has 0 bridgehead atoms. The highest BCUT2D eigenvalue weighted by Crippen LogP contribution is 2.28. The number of fused-ring (bicyclic) bond motifs is 1. The number of benzene rings is 1. The van der Waals surface area contributed by atoms with Crippen molar-refractivity contribution in [2.45, 2.75) is 16.8 Å². The molecule has 2 heterocycles. The van der Waals surface area contributed by atoms with E-state index in [1.54, 1.807) is 28.8 Å². The minimum atomic E-state index is -0.921. The highest BCUT2D eigenvalue weighted by atomic mass is 32.2. The molecule has 2 aromatic heterocycles. The molecule has 3 rings (SSSR count). The summed E-state index contributed by atoms with van der Waals surface area (Å²) in [4.78, 5) is 16.0. The van der Waals surface area contributed by atoms with E-state index < -0.39 is 5.97 Å². The Morgan fingerprint density at radius 2 is 2.00 bits per heavy atom. The number of pyridine rings is 1. The molecule has 0 saturated heterocycles. The maximum atomic E-state index is 10.8. The van der Waals surface area contributed by atoms with Crippen molar-refractivity contribution >= 4 is 23.4 Å². The van der Waals surface area contributed by atoms with Crippen molar-refractivity contribution in [1.82, 2.24) is 14.6 Å². The number of carboxylic acids is 1. The fourth-order valence-corrected chi connectivity index (χ4v) is 2.86. The van der Waals surface area contributed by atoms with Gasteiger partial charge in [-0.05, 0) is 48.9 Å². The van der Waals surface area contributed by atoms with Gasteiger partial charge in [0.25, 0.3) is 0 Å². The Balaban J connectivity index is 1.96. The normalized spacial score (nSPS) is 10.8. The summed E-state index contributed by atoms with van der Waals surface area (Å²) in [5.41, 5.74) is 2.19. The Morgan fingerprint density at radius 1 is 1.25 bits per heavy atom. The van der Waals surface area contributed by atoms with Crippen LogP contribution in [-0.2, 0) is 0 Å². The molecule has 6 heteroatoms. The molecule has 0 spiro atoms. The van der Waals surface area contributed by atoms with E-state index in [1.807, 2.05) is 19.1 Å². The Labute approximate surface area is 119 Å². The quantitative estimate of drug-likeness (QED) is 0.801. The molecule has 1 N–H and O–H groups in total. The fraction of sp³-hybridized carbons (Fsp3) is 0.0714. The minimum Gasteiger partial charge on any atom is -0.478 e. The zero-order valence-corrected chi connectivity index (χ0v) is 11.5. The van der Waals surface area contributed by atoms with Crippen LogP contribution in [0.25, 0.3) is 5.65 Å². The van der Waals surface area contributed by atoms with E-state index in [0.29, 0.717) is 0 Å². The highest BCUT2D eigenvalue weighted by Gasteiger charge is 2.07. The van der Waals surface area contributed by atoms with Gasteiger partial charge in [0.2, 0.25) is 0 Å². The van der Waals surface area contributed by atoms with Gasteiger partial charge in [-0.1, -0.05) is 11.8 Å². The second-order valence-corrected chi connectivity index (χ2v) is 5.43. The maximum absolute atomic E-state index is 10.8. The number of rotatable bonds is 3. The molecule has 3 aromatic rings. The zero-order valence-electron chi connectivity index (χ0n) is 10.6. The Kier molecular flexibility index (Phi) is 3.15. The highest BCUT2D eigenvalue weighted by molar-refractivity contribution is 7.99. The summed E-state index contributed by atoms with van der Waals surface area (Å²) in [5.74, 6) is -0.921. The number of aromatic carboxylic acids is 1. The molecule has 0 aliphatic carbocycles. The van der Waals surface area contributed by atoms with Gasteiger partial charge in [-0.2, -0.15) is 5.10 Å². The van der Waals surface area contributed by atoms with Crippen LogP contribution in [0.3, 0.4) is 0 Å². The second kappa shape index (κ2) is 4.97. The number of hydrogen-bond donors (Lipinski definition) is 1. The van der Waals surface area contributed by atoms with Crippen molar-refractivity contribution in [3.63, 3.8) is 0 Å². The number of aryl methyl sites for hydroxylation is 1. The lowest BCUT2D eigenvalue weighted by atomic mass is 10.2.